The molecule has 2 N–H and O–H groups in total. The van der Waals surface area contributed by atoms with Gasteiger partial charge in [0.2, 0.25) is 16.6 Å². The van der Waals surface area contributed by atoms with E-state index in [1.54, 1.807) is 38.5 Å². The Morgan fingerprint density at radius 3 is 2.28 bits per heavy atom. The quantitative estimate of drug-likeness (QED) is 0.0398. The molecule has 1 aliphatic carbocycles. The first kappa shape index (κ1) is 51.1. The Morgan fingerprint density at radius 1 is 0.971 bits per heavy atom. The topological polar surface area (TPSA) is 176 Å². The molecule has 15 nitrogen and oxygen atoms in total. The van der Waals surface area contributed by atoms with Gasteiger partial charge in [-0.1, -0.05) is 59.0 Å². The number of rotatable bonds is 23. The molecule has 1 atom stereocenters. The van der Waals surface area contributed by atoms with Crippen LogP contribution in [0.3, 0.4) is 0 Å². The second-order valence-electron chi connectivity index (χ2n) is 20.2. The van der Waals surface area contributed by atoms with Crippen LogP contribution in [-0.2, 0) is 31.6 Å². The van der Waals surface area contributed by atoms with E-state index in [1.165, 1.54) is 29.9 Å². The lowest BCUT2D eigenvalue weighted by Gasteiger charge is -2.46. The monoisotopic (exact) mass is 971 g/mol. The SMILES string of the molecule is COc1cc(/C=C/C(=O)N2CCC=CC2=O)cc(OC)c1OCCCCCCCCCNc1cnc(C2CCN(c3nc4c(c(NC5(CO[Si](C)(C)C(C)(C)C)CCC5)n3)[S@+]([O-])CC4)CC2)nc1. The normalized spacial score (nSPS) is 18.4. The summed E-state index contributed by atoms with van der Waals surface area (Å²) in [5.74, 6) is 4.15. The van der Waals surface area contributed by atoms with E-state index in [2.05, 4.69) is 49.4 Å². The lowest BCUT2D eigenvalue weighted by atomic mass is 9.77. The van der Waals surface area contributed by atoms with Gasteiger partial charge in [-0.05, 0) is 111 Å². The number of carbonyl (C=O) groups is 2. The molecule has 4 aliphatic rings. The number of ether oxygens (including phenoxy) is 3. The Bertz CT molecular complexity index is 2220. The van der Waals surface area contributed by atoms with Crippen molar-refractivity contribution in [3.63, 3.8) is 0 Å². The molecular formula is C51H74N8O7SSi. The second kappa shape index (κ2) is 23.3. The molecule has 2 amide bonds. The zero-order valence-electron chi connectivity index (χ0n) is 41.5. The number of anilines is 3. The predicted octanol–water partition coefficient (Wildman–Crippen LogP) is 9.24. The molecule has 370 valence electrons. The molecule has 3 aromatic rings. The Morgan fingerprint density at radius 2 is 1.65 bits per heavy atom. The zero-order chi connectivity index (χ0) is 48.3. The number of nitrogens with zero attached hydrogens (tertiary/aromatic N) is 6. The van der Waals surface area contributed by atoms with Crippen LogP contribution in [0.4, 0.5) is 17.5 Å². The van der Waals surface area contributed by atoms with Crippen LogP contribution >= 0.6 is 0 Å². The van der Waals surface area contributed by atoms with Crippen LogP contribution in [0, 0.1) is 0 Å². The highest BCUT2D eigenvalue weighted by Crippen LogP contribution is 2.43. The second-order valence-corrected chi connectivity index (χ2v) is 26.5. The lowest BCUT2D eigenvalue weighted by molar-refractivity contribution is -0.139. The molecular weight excluding hydrogens is 897 g/mol. The third-order valence-electron chi connectivity index (χ3n) is 14.3. The van der Waals surface area contributed by atoms with E-state index in [0.717, 1.165) is 118 Å². The summed E-state index contributed by atoms with van der Waals surface area (Å²) in [7, 11) is 1.22. The molecule has 0 bridgehead atoms. The minimum absolute atomic E-state index is 0.134. The molecule has 0 radical (unpaired) electrons. The van der Waals surface area contributed by atoms with Gasteiger partial charge >= 0.3 is 0 Å². The fourth-order valence-electron chi connectivity index (χ4n) is 8.80. The van der Waals surface area contributed by atoms with E-state index >= 15 is 0 Å². The van der Waals surface area contributed by atoms with Crippen molar-refractivity contribution in [2.45, 2.75) is 145 Å². The average molecular weight is 971 g/mol. The third-order valence-corrected chi connectivity index (χ3v) is 20.2. The van der Waals surface area contributed by atoms with Crippen molar-refractivity contribution >= 4 is 54.8 Å². The first-order valence-electron chi connectivity index (χ1n) is 24.8. The Kier molecular flexibility index (Phi) is 17.5. The van der Waals surface area contributed by atoms with Crippen molar-refractivity contribution in [1.82, 2.24) is 24.8 Å². The van der Waals surface area contributed by atoms with E-state index in [0.29, 0.717) is 61.2 Å². The Hall–Kier alpha value is -4.71. The smallest absolute Gasteiger partial charge is 0.253 e. The number of fused-ring (bicyclic) bond motifs is 1. The molecule has 1 aromatic carbocycles. The van der Waals surface area contributed by atoms with Crippen molar-refractivity contribution in [1.29, 1.82) is 0 Å². The summed E-state index contributed by atoms with van der Waals surface area (Å²) in [6, 6.07) is 3.59. The molecule has 5 heterocycles. The van der Waals surface area contributed by atoms with Crippen molar-refractivity contribution < 1.29 is 32.8 Å². The van der Waals surface area contributed by atoms with E-state index in [9.17, 15) is 14.1 Å². The van der Waals surface area contributed by atoms with Crippen LogP contribution in [-0.4, -0.2) is 114 Å². The maximum atomic E-state index is 13.2. The number of hydrogen-bond acceptors (Lipinski definition) is 14. The van der Waals surface area contributed by atoms with Gasteiger partial charge in [0.15, 0.2) is 25.6 Å². The van der Waals surface area contributed by atoms with Gasteiger partial charge in [0, 0.05) is 44.6 Å². The van der Waals surface area contributed by atoms with Crippen LogP contribution < -0.4 is 29.7 Å². The minimum Gasteiger partial charge on any atom is -0.611 e. The number of methoxy groups -OCH3 is 2. The van der Waals surface area contributed by atoms with Crippen LogP contribution in [0.2, 0.25) is 18.1 Å². The first-order valence-corrected chi connectivity index (χ1v) is 29.0. The minimum atomic E-state index is -1.93. The molecule has 0 unspecified atom stereocenters. The summed E-state index contributed by atoms with van der Waals surface area (Å²) < 4.78 is 37.3. The van der Waals surface area contributed by atoms with Gasteiger partial charge in [-0.3, -0.25) is 14.5 Å². The molecule has 1 saturated carbocycles. The van der Waals surface area contributed by atoms with Gasteiger partial charge in [0.25, 0.3) is 11.8 Å². The number of amides is 2. The highest BCUT2D eigenvalue weighted by atomic mass is 32.2. The number of unbranched alkanes of at least 4 members (excludes halogenated alkanes) is 6. The Balaban J connectivity index is 0.782. The third kappa shape index (κ3) is 12.9. The summed E-state index contributed by atoms with van der Waals surface area (Å²) in [5.41, 5.74) is 2.39. The van der Waals surface area contributed by atoms with Crippen molar-refractivity contribution in [2.24, 2.45) is 0 Å². The molecule has 3 aliphatic heterocycles. The van der Waals surface area contributed by atoms with E-state index in [4.69, 9.17) is 38.6 Å². The van der Waals surface area contributed by atoms with Gasteiger partial charge in [0.05, 0.1) is 51.1 Å². The number of piperidine rings is 1. The maximum absolute atomic E-state index is 13.2. The molecule has 2 fully saturated rings. The number of imide groups is 1. The number of aromatic nitrogens is 4. The maximum Gasteiger partial charge on any atom is 0.253 e. The van der Waals surface area contributed by atoms with Gasteiger partial charge in [-0.2, -0.15) is 4.98 Å². The number of benzene rings is 1. The van der Waals surface area contributed by atoms with E-state index in [1.807, 2.05) is 12.4 Å². The van der Waals surface area contributed by atoms with E-state index < -0.39 is 19.5 Å². The van der Waals surface area contributed by atoms with Crippen molar-refractivity contribution in [3.05, 3.63) is 59.8 Å². The summed E-state index contributed by atoms with van der Waals surface area (Å²) in [4.78, 5) is 48.6. The van der Waals surface area contributed by atoms with Crippen molar-refractivity contribution in [2.75, 3.05) is 74.9 Å². The molecule has 17 heteroatoms. The predicted molar refractivity (Wildman–Crippen MR) is 272 cm³/mol. The van der Waals surface area contributed by atoms with Crippen molar-refractivity contribution in [3.8, 4) is 17.2 Å². The molecule has 0 spiro atoms. The average Bonchev–Trinajstić information content (AvgIpc) is 3.70. The molecule has 2 aromatic heterocycles. The van der Waals surface area contributed by atoms with Gasteiger partial charge in [-0.15, -0.1) is 0 Å². The van der Waals surface area contributed by atoms with Gasteiger partial charge in [-0.25, -0.2) is 15.0 Å². The molecule has 68 heavy (non-hydrogen) atoms. The number of carbonyl (C=O) groups excluding carboxylic acids is 2. The fraction of sp³-hybridized carbons (Fsp3) is 0.608. The molecule has 7 rings (SSSR count). The standard InChI is InChI=1S/C51H74N8O7SSi/c1-50(2,3)68(6,7)66-36-51(24-17-25-51)57-48-46-40(23-31-67(46)62)55-49(56-48)58-28-21-38(22-29-58)47-53-34-39(35-54-47)52-26-14-11-9-8-10-12-16-30-65-45-41(63-4)32-37(33-42(45)64-5)19-20-44(61)59-27-15-13-18-43(59)60/h13,18-20,32-35,38,52H,8-12,14-17,21-31,36H2,1-7H3,(H,55,56,57)/b20-19+/t67-/m1/s1. The number of hydrogen-bond donors (Lipinski definition) is 2. The molecule has 1 saturated heterocycles. The highest BCUT2D eigenvalue weighted by Gasteiger charge is 2.45. The zero-order valence-corrected chi connectivity index (χ0v) is 43.3. The summed E-state index contributed by atoms with van der Waals surface area (Å²) >= 11 is -1.10. The summed E-state index contributed by atoms with van der Waals surface area (Å²) in [6.07, 6.45) is 24.2. The number of aryl methyl sites for hydroxylation is 1. The highest BCUT2D eigenvalue weighted by molar-refractivity contribution is 7.91. The Labute approximate surface area is 408 Å². The first-order chi connectivity index (χ1) is 32.7. The summed E-state index contributed by atoms with van der Waals surface area (Å²) in [5, 5.41) is 7.44. The van der Waals surface area contributed by atoms with Crippen LogP contribution in [0.15, 0.2) is 47.6 Å². The van der Waals surface area contributed by atoms with Gasteiger partial charge < -0.3 is 38.7 Å². The van der Waals surface area contributed by atoms with Crippen LogP contribution in [0.5, 0.6) is 17.2 Å². The fourth-order valence-corrected chi connectivity index (χ4v) is 11.2. The number of nitrogens with one attached hydrogen (secondary N) is 2. The largest absolute Gasteiger partial charge is 0.611 e. The summed E-state index contributed by atoms with van der Waals surface area (Å²) in [6.45, 7) is 15.5. The lowest BCUT2D eigenvalue weighted by Crippen LogP contribution is -2.53. The van der Waals surface area contributed by atoms with Crippen LogP contribution in [0.25, 0.3) is 6.08 Å². The van der Waals surface area contributed by atoms with Crippen LogP contribution in [0.1, 0.15) is 127 Å². The van der Waals surface area contributed by atoms with Gasteiger partial charge in [0.1, 0.15) is 17.3 Å². The van der Waals surface area contributed by atoms with E-state index in [-0.39, 0.29) is 28.3 Å².